The first-order chi connectivity index (χ1) is 3.81. The number of allylic oxidation sites excluding steroid dienone is 1. The Morgan fingerprint density at radius 1 is 1.75 bits per heavy atom. The summed E-state index contributed by atoms with van der Waals surface area (Å²) in [4.78, 5) is 0. The van der Waals surface area contributed by atoms with Crippen molar-refractivity contribution in [2.45, 2.75) is 13.3 Å². The van der Waals surface area contributed by atoms with Crippen LogP contribution in [0.2, 0.25) is 0 Å². The smallest absolute Gasteiger partial charge is 0.111 e. The Morgan fingerprint density at radius 3 is 2.75 bits per heavy atom. The van der Waals surface area contributed by atoms with Gasteiger partial charge in [0.1, 0.15) is 6.61 Å². The van der Waals surface area contributed by atoms with Gasteiger partial charge in [-0.3, -0.25) is 0 Å². The Balaban J connectivity index is 2.99. The van der Waals surface area contributed by atoms with Crippen molar-refractivity contribution in [1.29, 1.82) is 0 Å². The summed E-state index contributed by atoms with van der Waals surface area (Å²) in [5.41, 5.74) is 0. The summed E-state index contributed by atoms with van der Waals surface area (Å²) in [6.45, 7) is 5.97. The molecular weight excluding hydrogens is 104 g/mol. The maximum absolute atomic E-state index is 8.24. The van der Waals surface area contributed by atoms with Crippen LogP contribution in [0.1, 0.15) is 13.3 Å². The molecule has 8 heavy (non-hydrogen) atoms. The molecule has 0 aromatic heterocycles. The van der Waals surface area contributed by atoms with Crippen LogP contribution in [0, 0.1) is 0 Å². The van der Waals surface area contributed by atoms with E-state index < -0.39 is 0 Å². The molecular formula is C6H12O2. The zero-order valence-corrected chi connectivity index (χ0v) is 5.18. The van der Waals surface area contributed by atoms with E-state index in [1.807, 2.05) is 6.92 Å². The Morgan fingerprint density at radius 2 is 2.38 bits per heavy atom. The number of ether oxygens (including phenoxy) is 1. The van der Waals surface area contributed by atoms with Gasteiger partial charge < -0.3 is 9.84 Å². The molecule has 0 unspecified atom stereocenters. The standard InChI is InChI=1S/C6H12O2/c1-3-6(2)8-5-4-7/h7H,2-5H2,1H3. The van der Waals surface area contributed by atoms with Crippen LogP contribution in [0.4, 0.5) is 0 Å². The van der Waals surface area contributed by atoms with Crippen molar-refractivity contribution in [2.75, 3.05) is 13.2 Å². The molecule has 2 nitrogen and oxygen atoms in total. The molecule has 0 spiro atoms. The summed E-state index contributed by atoms with van der Waals surface area (Å²) in [5.74, 6) is 0.735. The first-order valence-electron chi connectivity index (χ1n) is 2.72. The van der Waals surface area contributed by atoms with Gasteiger partial charge in [-0.05, 0) is 0 Å². The molecule has 0 saturated carbocycles. The van der Waals surface area contributed by atoms with Crippen LogP contribution in [0.25, 0.3) is 0 Å². The maximum atomic E-state index is 8.24. The lowest BCUT2D eigenvalue weighted by molar-refractivity contribution is 0.142. The Hall–Kier alpha value is -0.500. The second-order valence-electron chi connectivity index (χ2n) is 1.46. The van der Waals surface area contributed by atoms with Gasteiger partial charge in [-0.1, -0.05) is 13.5 Å². The number of aliphatic hydroxyl groups excluding tert-OH is 1. The average Bonchev–Trinajstić information content (AvgIpc) is 1.83. The van der Waals surface area contributed by atoms with Crippen LogP contribution in [-0.2, 0) is 4.74 Å². The molecule has 0 amide bonds. The summed E-state index contributed by atoms with van der Waals surface area (Å²) in [7, 11) is 0. The number of aliphatic hydroxyl groups is 1. The molecule has 0 aliphatic rings. The van der Waals surface area contributed by atoms with Gasteiger partial charge in [0, 0.05) is 6.42 Å². The fourth-order valence-corrected chi connectivity index (χ4v) is 0.292. The highest BCUT2D eigenvalue weighted by molar-refractivity contribution is 4.78. The molecule has 2 heteroatoms. The minimum Gasteiger partial charge on any atom is -0.496 e. The number of rotatable bonds is 4. The van der Waals surface area contributed by atoms with Gasteiger partial charge >= 0.3 is 0 Å². The summed E-state index contributed by atoms with van der Waals surface area (Å²) in [5, 5.41) is 8.24. The van der Waals surface area contributed by atoms with Crippen LogP contribution >= 0.6 is 0 Å². The van der Waals surface area contributed by atoms with Crippen molar-refractivity contribution in [3.8, 4) is 0 Å². The highest BCUT2D eigenvalue weighted by Gasteiger charge is 1.86. The molecule has 0 atom stereocenters. The summed E-state index contributed by atoms with van der Waals surface area (Å²) < 4.78 is 4.90. The SMILES string of the molecule is C=C(CC)OCCO. The van der Waals surface area contributed by atoms with E-state index in [2.05, 4.69) is 6.58 Å². The van der Waals surface area contributed by atoms with E-state index in [9.17, 15) is 0 Å². The summed E-state index contributed by atoms with van der Waals surface area (Å²) >= 11 is 0. The molecule has 48 valence electrons. The molecule has 0 bridgehead atoms. The van der Waals surface area contributed by atoms with Gasteiger partial charge in [-0.2, -0.15) is 0 Å². The topological polar surface area (TPSA) is 29.5 Å². The summed E-state index contributed by atoms with van der Waals surface area (Å²) in [6.07, 6.45) is 0.819. The molecule has 0 fully saturated rings. The van der Waals surface area contributed by atoms with Crippen LogP contribution in [0.5, 0.6) is 0 Å². The molecule has 0 radical (unpaired) electrons. The zero-order valence-electron chi connectivity index (χ0n) is 5.18. The Kier molecular flexibility index (Phi) is 4.36. The highest BCUT2D eigenvalue weighted by Crippen LogP contribution is 1.96. The van der Waals surface area contributed by atoms with Gasteiger partial charge in [-0.25, -0.2) is 0 Å². The molecule has 0 heterocycles. The second kappa shape index (κ2) is 4.65. The first-order valence-corrected chi connectivity index (χ1v) is 2.72. The third kappa shape index (κ3) is 3.68. The molecule has 1 N–H and O–H groups in total. The quantitative estimate of drug-likeness (QED) is 0.553. The zero-order chi connectivity index (χ0) is 6.41. The van der Waals surface area contributed by atoms with E-state index in [1.165, 1.54) is 0 Å². The predicted molar refractivity (Wildman–Crippen MR) is 32.5 cm³/mol. The minimum atomic E-state index is 0.0685. The number of hydrogen-bond acceptors (Lipinski definition) is 2. The van der Waals surface area contributed by atoms with Crippen LogP contribution in [0.15, 0.2) is 12.3 Å². The maximum Gasteiger partial charge on any atom is 0.111 e. The van der Waals surface area contributed by atoms with Crippen molar-refractivity contribution < 1.29 is 9.84 Å². The molecule has 0 aliphatic carbocycles. The lowest BCUT2D eigenvalue weighted by atomic mass is 10.4. The van der Waals surface area contributed by atoms with Gasteiger partial charge in [0.2, 0.25) is 0 Å². The Labute approximate surface area is 49.8 Å². The highest BCUT2D eigenvalue weighted by atomic mass is 16.5. The van der Waals surface area contributed by atoms with Crippen LogP contribution < -0.4 is 0 Å². The van der Waals surface area contributed by atoms with Gasteiger partial charge in [0.15, 0.2) is 0 Å². The first kappa shape index (κ1) is 7.50. The van der Waals surface area contributed by atoms with Crippen LogP contribution in [-0.4, -0.2) is 18.3 Å². The van der Waals surface area contributed by atoms with Crippen molar-refractivity contribution in [3.63, 3.8) is 0 Å². The molecule has 0 saturated heterocycles. The third-order valence-electron chi connectivity index (χ3n) is 0.792. The van der Waals surface area contributed by atoms with Gasteiger partial charge in [-0.15, -0.1) is 0 Å². The largest absolute Gasteiger partial charge is 0.496 e. The minimum absolute atomic E-state index is 0.0685. The van der Waals surface area contributed by atoms with Gasteiger partial charge in [0.25, 0.3) is 0 Å². The van der Waals surface area contributed by atoms with E-state index in [4.69, 9.17) is 9.84 Å². The van der Waals surface area contributed by atoms with Gasteiger partial charge in [0.05, 0.1) is 12.4 Å². The van der Waals surface area contributed by atoms with Crippen molar-refractivity contribution in [3.05, 3.63) is 12.3 Å². The molecule has 0 rings (SSSR count). The fraction of sp³-hybridized carbons (Fsp3) is 0.667. The van der Waals surface area contributed by atoms with E-state index in [1.54, 1.807) is 0 Å². The summed E-state index contributed by atoms with van der Waals surface area (Å²) in [6, 6.07) is 0. The Bertz CT molecular complexity index is 68.9. The molecule has 0 aromatic rings. The number of hydrogen-bond donors (Lipinski definition) is 1. The normalized spacial score (nSPS) is 8.75. The monoisotopic (exact) mass is 116 g/mol. The van der Waals surface area contributed by atoms with E-state index in [0.717, 1.165) is 12.2 Å². The van der Waals surface area contributed by atoms with Crippen LogP contribution in [0.3, 0.4) is 0 Å². The van der Waals surface area contributed by atoms with Crippen molar-refractivity contribution >= 4 is 0 Å². The lowest BCUT2D eigenvalue weighted by Crippen LogP contribution is -1.96. The fourth-order valence-electron chi connectivity index (χ4n) is 0.292. The molecule has 0 aromatic carbocycles. The third-order valence-corrected chi connectivity index (χ3v) is 0.792. The van der Waals surface area contributed by atoms with Crippen molar-refractivity contribution in [2.24, 2.45) is 0 Å². The molecule has 0 aliphatic heterocycles. The lowest BCUT2D eigenvalue weighted by Gasteiger charge is -2.02. The average molecular weight is 116 g/mol. The second-order valence-corrected chi connectivity index (χ2v) is 1.46. The predicted octanol–water partition coefficient (Wildman–Crippen LogP) is 0.919. The van der Waals surface area contributed by atoms with E-state index >= 15 is 0 Å². The van der Waals surface area contributed by atoms with Crippen molar-refractivity contribution in [1.82, 2.24) is 0 Å². The van der Waals surface area contributed by atoms with E-state index in [-0.39, 0.29) is 6.61 Å². The van der Waals surface area contributed by atoms with E-state index in [0.29, 0.717) is 6.61 Å².